The summed E-state index contributed by atoms with van der Waals surface area (Å²) >= 11 is 1.51. The van der Waals surface area contributed by atoms with E-state index in [0.717, 1.165) is 72.9 Å². The number of carbonyl (C=O) groups excluding carboxylic acids is 4. The fraction of sp³-hybridized carbons (Fsp3) is 0.381. The molecule has 12 heteroatoms. The van der Waals surface area contributed by atoms with E-state index < -0.39 is 10.0 Å². The maximum absolute atomic E-state index is 13.9. The number of nitrogens with zero attached hydrogens (tertiary/aromatic N) is 1. The molecule has 0 atom stereocenters. The Balaban J connectivity index is 1.13. The Bertz CT molecular complexity index is 2100. The van der Waals surface area contributed by atoms with Crippen molar-refractivity contribution in [2.45, 2.75) is 88.0 Å². The monoisotopic (exact) mass is 770 g/mol. The lowest BCUT2D eigenvalue weighted by atomic mass is 9.93. The van der Waals surface area contributed by atoms with E-state index in [2.05, 4.69) is 5.32 Å². The molecule has 0 radical (unpaired) electrons. The highest BCUT2D eigenvalue weighted by atomic mass is 32.2. The number of methoxy groups -OCH3 is 2. The minimum atomic E-state index is -3.87. The number of nitrogens with one attached hydrogen (secondary N) is 1. The molecule has 0 spiro atoms. The van der Waals surface area contributed by atoms with Crippen LogP contribution in [0.5, 0.6) is 0 Å². The first-order valence-corrected chi connectivity index (χ1v) is 20.8. The third kappa shape index (κ3) is 9.52. The Morgan fingerprint density at radius 2 is 1.52 bits per heavy atom. The van der Waals surface area contributed by atoms with Crippen molar-refractivity contribution in [3.05, 3.63) is 116 Å². The maximum Gasteiger partial charge on any atom is 0.337 e. The summed E-state index contributed by atoms with van der Waals surface area (Å²) in [5, 5.41) is 3.06. The predicted octanol–water partition coefficient (Wildman–Crippen LogP) is 7.37. The van der Waals surface area contributed by atoms with Crippen LogP contribution in [-0.4, -0.2) is 63.2 Å². The number of ketones is 1. The second-order valence-corrected chi connectivity index (χ2v) is 16.9. The smallest absolute Gasteiger partial charge is 0.337 e. The van der Waals surface area contributed by atoms with Gasteiger partial charge in [0.25, 0.3) is 5.91 Å². The Labute approximate surface area is 320 Å². The number of hydrogen-bond acceptors (Lipinski definition) is 9. The Morgan fingerprint density at radius 1 is 0.833 bits per heavy atom. The molecule has 10 nitrogen and oxygen atoms in total. The molecule has 0 unspecified atom stereocenters. The summed E-state index contributed by atoms with van der Waals surface area (Å²) in [5.74, 6) is -1.19. The molecule has 2 aliphatic carbocycles. The van der Waals surface area contributed by atoms with E-state index in [-0.39, 0.29) is 59.5 Å². The van der Waals surface area contributed by atoms with E-state index in [1.165, 1.54) is 42.0 Å². The molecule has 1 N–H and O–H groups in total. The molecule has 4 aromatic rings. The first-order valence-electron chi connectivity index (χ1n) is 18.5. The largest absolute Gasteiger partial charge is 0.469 e. The lowest BCUT2D eigenvalue weighted by Gasteiger charge is -2.22. The number of benzene rings is 3. The van der Waals surface area contributed by atoms with Crippen molar-refractivity contribution >= 4 is 50.7 Å². The second kappa shape index (κ2) is 17.7. The SMILES string of the molecule is COC(=O)CCCCN(C1CC1)S(=O)(=O)c1cccc(C(=O)Cc2sc3c(c2C(=O)Nc2ccc(CCc4ccc(C(=O)OC)cc4)cc2)CCCC3)c1. The number of hydrogen-bond donors (Lipinski definition) is 1. The van der Waals surface area contributed by atoms with Gasteiger partial charge in [0.15, 0.2) is 5.78 Å². The zero-order valence-electron chi connectivity index (χ0n) is 30.7. The van der Waals surface area contributed by atoms with E-state index in [9.17, 15) is 27.6 Å². The fourth-order valence-electron chi connectivity index (χ4n) is 6.89. The first-order chi connectivity index (χ1) is 26.1. The molecule has 1 heterocycles. The van der Waals surface area contributed by atoms with E-state index in [1.54, 1.807) is 24.3 Å². The van der Waals surface area contributed by atoms with Crippen LogP contribution in [0.15, 0.2) is 77.7 Å². The van der Waals surface area contributed by atoms with Crippen LogP contribution in [0.2, 0.25) is 0 Å². The number of unbranched alkanes of at least 4 members (excludes halogenated alkanes) is 1. The summed E-state index contributed by atoms with van der Waals surface area (Å²) in [6.07, 6.45) is 8.03. The second-order valence-electron chi connectivity index (χ2n) is 13.9. The standard InChI is InChI=1S/C42H46N2O8S2/c1-51-39(46)12-5-6-25-44(33-23-24-33)54(49,50)34-9-7-8-31(26-34)36(45)27-38-40(35-10-3-4-11-37(35)53-38)41(47)43-32-21-17-29(18-22-32)14-13-28-15-19-30(20-16-28)42(48)52-2/h7-9,15-22,26,33H,3-6,10-14,23-25,27H2,1-2H3,(H,43,47). The van der Waals surface area contributed by atoms with Gasteiger partial charge in [0.2, 0.25) is 10.0 Å². The number of thiophene rings is 1. The van der Waals surface area contributed by atoms with Crippen molar-refractivity contribution in [2.24, 2.45) is 0 Å². The van der Waals surface area contributed by atoms with Crippen molar-refractivity contribution < 1.29 is 37.1 Å². The first kappa shape index (κ1) is 39.1. The summed E-state index contributed by atoms with van der Waals surface area (Å²) < 4.78 is 38.6. The van der Waals surface area contributed by atoms with Gasteiger partial charge in [-0.1, -0.05) is 36.4 Å². The van der Waals surface area contributed by atoms with Crippen molar-refractivity contribution in [3.8, 4) is 0 Å². The zero-order valence-corrected chi connectivity index (χ0v) is 32.4. The summed E-state index contributed by atoms with van der Waals surface area (Å²) in [7, 11) is -1.17. The van der Waals surface area contributed by atoms with E-state index in [1.807, 2.05) is 36.4 Å². The van der Waals surface area contributed by atoms with Gasteiger partial charge < -0.3 is 14.8 Å². The van der Waals surface area contributed by atoms with Crippen LogP contribution < -0.4 is 5.32 Å². The van der Waals surface area contributed by atoms with E-state index in [4.69, 9.17) is 9.47 Å². The highest BCUT2D eigenvalue weighted by molar-refractivity contribution is 7.89. The number of carbonyl (C=O) groups is 4. The Hall–Kier alpha value is -4.65. The molecule has 1 saturated carbocycles. The Morgan fingerprint density at radius 3 is 2.19 bits per heavy atom. The number of rotatable bonds is 17. The van der Waals surface area contributed by atoms with E-state index >= 15 is 0 Å². The van der Waals surface area contributed by atoms with Gasteiger partial charge in [-0.15, -0.1) is 11.3 Å². The molecule has 3 aromatic carbocycles. The highest BCUT2D eigenvalue weighted by Gasteiger charge is 2.38. The van der Waals surface area contributed by atoms with Crippen molar-refractivity contribution in [1.29, 1.82) is 0 Å². The number of Topliss-reactive ketones (excluding diaryl/α,β-unsaturated/α-hetero) is 1. The number of sulfonamides is 1. The molecule has 0 saturated heterocycles. The average molecular weight is 771 g/mol. The van der Waals surface area contributed by atoms with Gasteiger partial charge in [0.05, 0.1) is 30.2 Å². The van der Waals surface area contributed by atoms with Gasteiger partial charge in [0.1, 0.15) is 0 Å². The topological polar surface area (TPSA) is 136 Å². The van der Waals surface area contributed by atoms with Crippen LogP contribution in [0, 0.1) is 0 Å². The summed E-state index contributed by atoms with van der Waals surface area (Å²) in [6, 6.07) is 21.2. The molecule has 1 fully saturated rings. The van der Waals surface area contributed by atoms with E-state index in [0.29, 0.717) is 34.5 Å². The zero-order chi connectivity index (χ0) is 38.2. The number of fused-ring (bicyclic) bond motifs is 1. The number of aryl methyl sites for hydroxylation is 3. The van der Waals surface area contributed by atoms with Crippen molar-refractivity contribution in [2.75, 3.05) is 26.1 Å². The number of esters is 2. The minimum absolute atomic E-state index is 0.0106. The summed E-state index contributed by atoms with van der Waals surface area (Å²) in [6.45, 7) is 0.290. The molecular weight excluding hydrogens is 725 g/mol. The normalized spacial score (nSPS) is 14.0. The summed E-state index contributed by atoms with van der Waals surface area (Å²) in [5.41, 5.74) is 5.21. The van der Waals surface area contributed by atoms with Gasteiger partial charge in [-0.3, -0.25) is 14.4 Å². The quantitative estimate of drug-likeness (QED) is 0.0668. The van der Waals surface area contributed by atoms with Crippen LogP contribution in [-0.2, 0) is 56.4 Å². The molecule has 1 amide bonds. The van der Waals surface area contributed by atoms with Gasteiger partial charge in [-0.25, -0.2) is 13.2 Å². The minimum Gasteiger partial charge on any atom is -0.469 e. The number of ether oxygens (including phenoxy) is 2. The van der Waals surface area contributed by atoms with Gasteiger partial charge >= 0.3 is 11.9 Å². The van der Waals surface area contributed by atoms with Crippen LogP contribution in [0.25, 0.3) is 0 Å². The molecule has 6 rings (SSSR count). The highest BCUT2D eigenvalue weighted by Crippen LogP contribution is 2.37. The molecule has 1 aromatic heterocycles. The van der Waals surface area contributed by atoms with Gasteiger partial charge in [0, 0.05) is 46.4 Å². The van der Waals surface area contributed by atoms with Gasteiger partial charge in [-0.2, -0.15) is 4.31 Å². The molecule has 54 heavy (non-hydrogen) atoms. The third-order valence-corrected chi connectivity index (χ3v) is 13.3. The molecule has 0 bridgehead atoms. The summed E-state index contributed by atoms with van der Waals surface area (Å²) in [4.78, 5) is 52.9. The van der Waals surface area contributed by atoms with Crippen LogP contribution in [0.3, 0.4) is 0 Å². The number of anilines is 1. The predicted molar refractivity (Wildman–Crippen MR) is 208 cm³/mol. The van der Waals surface area contributed by atoms with Gasteiger partial charge in [-0.05, 0) is 117 Å². The molecule has 0 aliphatic heterocycles. The van der Waals surface area contributed by atoms with Crippen molar-refractivity contribution in [3.63, 3.8) is 0 Å². The Kier molecular flexibility index (Phi) is 12.8. The van der Waals surface area contributed by atoms with Crippen LogP contribution in [0.4, 0.5) is 5.69 Å². The fourth-order valence-corrected chi connectivity index (χ4v) is 10.0. The molecule has 284 valence electrons. The lowest BCUT2D eigenvalue weighted by Crippen LogP contribution is -2.34. The van der Waals surface area contributed by atoms with Crippen LogP contribution in [0.1, 0.15) is 102 Å². The lowest BCUT2D eigenvalue weighted by molar-refractivity contribution is -0.140. The molecular formula is C42H46N2O8S2. The van der Waals surface area contributed by atoms with Crippen LogP contribution >= 0.6 is 11.3 Å². The average Bonchev–Trinajstić information content (AvgIpc) is 3.96. The maximum atomic E-state index is 13.9. The number of amides is 1. The third-order valence-electron chi connectivity index (χ3n) is 10.0. The molecule has 2 aliphatic rings. The van der Waals surface area contributed by atoms with Crippen molar-refractivity contribution in [1.82, 2.24) is 4.31 Å².